The largest absolute Gasteiger partial charge is 0.493 e. The summed E-state index contributed by atoms with van der Waals surface area (Å²) in [7, 11) is 1.55. The van der Waals surface area contributed by atoms with Crippen LogP contribution in [0.25, 0.3) is 0 Å². The molecule has 0 spiro atoms. The lowest BCUT2D eigenvalue weighted by molar-refractivity contribution is 0.280. The minimum absolute atomic E-state index is 0.370. The Labute approximate surface area is 112 Å². The maximum Gasteiger partial charge on any atom is 0.162 e. The zero-order valence-corrected chi connectivity index (χ0v) is 10.9. The molecule has 4 heteroatoms. The molecule has 4 nitrogen and oxygen atoms in total. The van der Waals surface area contributed by atoms with E-state index in [9.17, 15) is 0 Å². The molecule has 0 saturated heterocycles. The first kappa shape index (κ1) is 12.9. The highest BCUT2D eigenvalue weighted by atomic mass is 16.5. The van der Waals surface area contributed by atoms with Gasteiger partial charge in [-0.2, -0.15) is 5.26 Å². The molecule has 0 aliphatic carbocycles. The molecule has 0 fully saturated rings. The van der Waals surface area contributed by atoms with Gasteiger partial charge in [0.05, 0.1) is 24.4 Å². The normalized spacial score (nSPS) is 9.74. The number of hydrogen-bond donors (Lipinski definition) is 0. The van der Waals surface area contributed by atoms with Crippen molar-refractivity contribution in [2.24, 2.45) is 0 Å². The summed E-state index contributed by atoms with van der Waals surface area (Å²) in [6.45, 7) is 2.36. The second-order valence-corrected chi connectivity index (χ2v) is 4.03. The fourth-order valence-corrected chi connectivity index (χ4v) is 1.67. The molecule has 0 radical (unpaired) electrons. The Morgan fingerprint density at radius 1 is 1.26 bits per heavy atom. The van der Waals surface area contributed by atoms with Gasteiger partial charge in [0.25, 0.3) is 0 Å². The van der Waals surface area contributed by atoms with E-state index in [-0.39, 0.29) is 0 Å². The third-order valence-corrected chi connectivity index (χ3v) is 2.77. The monoisotopic (exact) mass is 254 g/mol. The highest BCUT2D eigenvalue weighted by Crippen LogP contribution is 2.28. The van der Waals surface area contributed by atoms with Crippen molar-refractivity contribution in [3.05, 3.63) is 53.3 Å². The first-order valence-corrected chi connectivity index (χ1v) is 5.86. The van der Waals surface area contributed by atoms with Crippen LogP contribution in [0.4, 0.5) is 0 Å². The van der Waals surface area contributed by atoms with Crippen LogP contribution in [0.3, 0.4) is 0 Å². The van der Waals surface area contributed by atoms with Gasteiger partial charge in [0.2, 0.25) is 0 Å². The minimum Gasteiger partial charge on any atom is -0.493 e. The van der Waals surface area contributed by atoms with Gasteiger partial charge in [-0.05, 0) is 30.7 Å². The summed E-state index contributed by atoms with van der Waals surface area (Å²) in [6.07, 6.45) is 1.74. The molecule has 19 heavy (non-hydrogen) atoms. The van der Waals surface area contributed by atoms with Crippen LogP contribution in [-0.4, -0.2) is 12.1 Å². The van der Waals surface area contributed by atoms with E-state index in [1.807, 2.05) is 19.1 Å². The number of aryl methyl sites for hydroxylation is 1. The Morgan fingerprint density at radius 3 is 2.79 bits per heavy atom. The lowest BCUT2D eigenvalue weighted by Gasteiger charge is -2.11. The first-order valence-electron chi connectivity index (χ1n) is 5.86. The van der Waals surface area contributed by atoms with Crippen LogP contribution in [0.1, 0.15) is 16.8 Å². The van der Waals surface area contributed by atoms with Gasteiger partial charge in [-0.15, -0.1) is 0 Å². The number of nitriles is 1. The van der Waals surface area contributed by atoms with Crippen molar-refractivity contribution in [3.8, 4) is 17.6 Å². The van der Waals surface area contributed by atoms with Crippen LogP contribution in [0.15, 0.2) is 36.5 Å². The summed E-state index contributed by atoms with van der Waals surface area (Å²) in [5, 5.41) is 8.84. The quantitative estimate of drug-likeness (QED) is 0.841. The molecule has 0 aliphatic rings. The molecule has 0 N–H and O–H groups in total. The van der Waals surface area contributed by atoms with E-state index in [1.54, 1.807) is 31.5 Å². The van der Waals surface area contributed by atoms with Gasteiger partial charge in [0.15, 0.2) is 11.5 Å². The summed E-state index contributed by atoms with van der Waals surface area (Å²) in [5.74, 6) is 1.15. The van der Waals surface area contributed by atoms with Gasteiger partial charge in [0, 0.05) is 12.3 Å². The number of aromatic nitrogens is 1. The molecule has 1 aromatic carbocycles. The van der Waals surface area contributed by atoms with Crippen LogP contribution < -0.4 is 9.47 Å². The summed E-state index contributed by atoms with van der Waals surface area (Å²) in [4.78, 5) is 4.26. The molecule has 0 atom stereocenters. The predicted molar refractivity (Wildman–Crippen MR) is 71.0 cm³/mol. The maximum absolute atomic E-state index is 8.84. The molecule has 2 rings (SSSR count). The molecule has 0 saturated carbocycles. The molecule has 2 aromatic rings. The lowest BCUT2D eigenvalue weighted by atomic mass is 10.2. The number of benzene rings is 1. The summed E-state index contributed by atoms with van der Waals surface area (Å²) in [5.41, 5.74) is 2.50. The Bertz CT molecular complexity index is 618. The fourth-order valence-electron chi connectivity index (χ4n) is 1.67. The van der Waals surface area contributed by atoms with Crippen LogP contribution >= 0.6 is 0 Å². The van der Waals surface area contributed by atoms with E-state index in [2.05, 4.69) is 11.1 Å². The molecule has 0 aliphatic heterocycles. The molecule has 0 unspecified atom stereocenters. The Morgan fingerprint density at radius 2 is 2.11 bits per heavy atom. The molecule has 0 amide bonds. The van der Waals surface area contributed by atoms with E-state index >= 15 is 0 Å². The molecule has 0 bridgehead atoms. The summed E-state index contributed by atoms with van der Waals surface area (Å²) >= 11 is 0. The Kier molecular flexibility index (Phi) is 3.99. The number of methoxy groups -OCH3 is 1. The average molecular weight is 254 g/mol. The number of hydrogen-bond acceptors (Lipinski definition) is 4. The van der Waals surface area contributed by atoms with Crippen molar-refractivity contribution >= 4 is 0 Å². The summed E-state index contributed by atoms with van der Waals surface area (Å²) < 4.78 is 10.9. The summed E-state index contributed by atoms with van der Waals surface area (Å²) in [6, 6.07) is 11.0. The Hall–Kier alpha value is -2.54. The second-order valence-electron chi connectivity index (χ2n) is 4.03. The van der Waals surface area contributed by atoms with Crippen molar-refractivity contribution in [3.63, 3.8) is 0 Å². The van der Waals surface area contributed by atoms with Crippen molar-refractivity contribution < 1.29 is 9.47 Å². The second kappa shape index (κ2) is 5.87. The Balaban J connectivity index is 2.16. The molecule has 1 heterocycles. The molecule has 96 valence electrons. The fraction of sp³-hybridized carbons (Fsp3) is 0.200. The van der Waals surface area contributed by atoms with Gasteiger partial charge < -0.3 is 9.47 Å². The molecular formula is C15H14N2O2. The van der Waals surface area contributed by atoms with Crippen molar-refractivity contribution in [1.82, 2.24) is 4.98 Å². The lowest BCUT2D eigenvalue weighted by Crippen LogP contribution is -2.01. The van der Waals surface area contributed by atoms with E-state index in [0.29, 0.717) is 23.7 Å². The SMILES string of the molecule is COc1cc(C#N)ccc1OCc1ncccc1C. The van der Waals surface area contributed by atoms with Crippen molar-refractivity contribution in [2.45, 2.75) is 13.5 Å². The topological polar surface area (TPSA) is 55.1 Å². The van der Waals surface area contributed by atoms with Gasteiger partial charge in [-0.3, -0.25) is 4.98 Å². The zero-order valence-electron chi connectivity index (χ0n) is 10.9. The predicted octanol–water partition coefficient (Wildman–Crippen LogP) is 2.85. The third kappa shape index (κ3) is 3.02. The number of pyridine rings is 1. The van der Waals surface area contributed by atoms with Gasteiger partial charge in [-0.25, -0.2) is 0 Å². The van der Waals surface area contributed by atoms with E-state index in [4.69, 9.17) is 14.7 Å². The van der Waals surface area contributed by atoms with Crippen molar-refractivity contribution in [2.75, 3.05) is 7.11 Å². The van der Waals surface area contributed by atoms with E-state index in [0.717, 1.165) is 11.3 Å². The molecular weight excluding hydrogens is 240 g/mol. The van der Waals surface area contributed by atoms with Crippen LogP contribution in [0.5, 0.6) is 11.5 Å². The average Bonchev–Trinajstić information content (AvgIpc) is 2.46. The van der Waals surface area contributed by atoms with Crippen LogP contribution in [0.2, 0.25) is 0 Å². The number of ether oxygens (including phenoxy) is 2. The van der Waals surface area contributed by atoms with Crippen LogP contribution in [-0.2, 0) is 6.61 Å². The third-order valence-electron chi connectivity index (χ3n) is 2.77. The highest BCUT2D eigenvalue weighted by Gasteiger charge is 2.07. The zero-order chi connectivity index (χ0) is 13.7. The van der Waals surface area contributed by atoms with Crippen LogP contribution in [0, 0.1) is 18.3 Å². The van der Waals surface area contributed by atoms with Gasteiger partial charge in [-0.1, -0.05) is 6.07 Å². The van der Waals surface area contributed by atoms with E-state index < -0.39 is 0 Å². The number of nitrogens with zero attached hydrogens (tertiary/aromatic N) is 2. The molecule has 1 aromatic heterocycles. The van der Waals surface area contributed by atoms with Gasteiger partial charge in [0.1, 0.15) is 6.61 Å². The minimum atomic E-state index is 0.370. The standard InChI is InChI=1S/C15H14N2O2/c1-11-4-3-7-17-13(11)10-19-14-6-5-12(9-16)8-15(14)18-2/h3-8H,10H2,1-2H3. The van der Waals surface area contributed by atoms with Crippen molar-refractivity contribution in [1.29, 1.82) is 5.26 Å². The first-order chi connectivity index (χ1) is 9.24. The highest BCUT2D eigenvalue weighted by molar-refractivity contribution is 5.46. The smallest absolute Gasteiger partial charge is 0.162 e. The number of rotatable bonds is 4. The van der Waals surface area contributed by atoms with E-state index in [1.165, 1.54) is 0 Å². The maximum atomic E-state index is 8.84. The van der Waals surface area contributed by atoms with Gasteiger partial charge >= 0.3 is 0 Å².